The summed E-state index contributed by atoms with van der Waals surface area (Å²) in [5, 5.41) is 0. The van der Waals surface area contributed by atoms with E-state index in [9.17, 15) is 4.79 Å². The largest absolute Gasteiger partial charge is 0.312 e. The summed E-state index contributed by atoms with van der Waals surface area (Å²) < 4.78 is 0. The number of fused-ring (bicyclic) bond motifs is 3. The summed E-state index contributed by atoms with van der Waals surface area (Å²) >= 11 is 0. The van der Waals surface area contributed by atoms with Gasteiger partial charge in [0.15, 0.2) is 0 Å². The molecule has 0 radical (unpaired) electrons. The number of rotatable bonds is 1. The van der Waals surface area contributed by atoms with Gasteiger partial charge in [0.1, 0.15) is 0 Å². The van der Waals surface area contributed by atoms with Crippen LogP contribution in [-0.2, 0) is 11.2 Å². The molecule has 1 aromatic carbocycles. The van der Waals surface area contributed by atoms with E-state index in [-0.39, 0.29) is 0 Å². The van der Waals surface area contributed by atoms with Crippen LogP contribution in [0.25, 0.3) is 0 Å². The molecule has 2 aliphatic carbocycles. The third-order valence-electron chi connectivity index (χ3n) is 5.43. The summed E-state index contributed by atoms with van der Waals surface area (Å²) in [5.74, 6) is 2.27. The molecular weight excluding hydrogens is 234 g/mol. The van der Waals surface area contributed by atoms with E-state index in [0.717, 1.165) is 31.7 Å². The lowest BCUT2D eigenvalue weighted by atomic mass is 9.87. The van der Waals surface area contributed by atoms with E-state index in [2.05, 4.69) is 29.2 Å². The molecule has 2 nitrogen and oxygen atoms in total. The second-order valence-corrected chi connectivity index (χ2v) is 6.50. The monoisotopic (exact) mass is 255 g/mol. The van der Waals surface area contributed by atoms with Gasteiger partial charge in [0.25, 0.3) is 0 Å². The Morgan fingerprint density at radius 3 is 2.84 bits per heavy atom. The molecule has 0 aromatic heterocycles. The van der Waals surface area contributed by atoms with Crippen molar-refractivity contribution in [2.24, 2.45) is 17.8 Å². The summed E-state index contributed by atoms with van der Waals surface area (Å²) in [7, 11) is 0. The van der Waals surface area contributed by atoms with Crippen molar-refractivity contribution in [2.75, 3.05) is 11.4 Å². The summed E-state index contributed by atoms with van der Waals surface area (Å²) in [6.07, 6.45) is 7.36. The van der Waals surface area contributed by atoms with Crippen molar-refractivity contribution < 1.29 is 4.79 Å². The number of benzene rings is 1. The van der Waals surface area contributed by atoms with Crippen LogP contribution in [0.1, 0.15) is 37.7 Å². The van der Waals surface area contributed by atoms with Gasteiger partial charge in [-0.05, 0) is 55.6 Å². The fourth-order valence-electron chi connectivity index (χ4n) is 4.51. The molecule has 0 N–H and O–H groups in total. The van der Waals surface area contributed by atoms with Crippen LogP contribution in [0.15, 0.2) is 24.3 Å². The summed E-state index contributed by atoms with van der Waals surface area (Å²) in [5.41, 5.74) is 2.53. The minimum absolute atomic E-state index is 0.324. The number of anilines is 1. The maximum Gasteiger partial charge on any atom is 0.230 e. The highest BCUT2D eigenvalue weighted by atomic mass is 16.2. The van der Waals surface area contributed by atoms with Gasteiger partial charge >= 0.3 is 0 Å². The summed E-state index contributed by atoms with van der Waals surface area (Å²) in [4.78, 5) is 15.0. The predicted octanol–water partition coefficient (Wildman–Crippen LogP) is 3.40. The van der Waals surface area contributed by atoms with Gasteiger partial charge < -0.3 is 4.90 Å². The molecule has 2 fully saturated rings. The van der Waals surface area contributed by atoms with Crippen LogP contribution in [0.2, 0.25) is 0 Å². The summed E-state index contributed by atoms with van der Waals surface area (Å²) in [6.45, 7) is 0.920. The number of para-hydroxylation sites is 1. The Bertz CT molecular complexity index is 510. The Hall–Kier alpha value is -1.31. The Morgan fingerprint density at radius 1 is 1.16 bits per heavy atom. The van der Waals surface area contributed by atoms with Crippen LogP contribution in [0.4, 0.5) is 5.69 Å². The van der Waals surface area contributed by atoms with Gasteiger partial charge in [0.05, 0.1) is 0 Å². The molecule has 0 spiro atoms. The van der Waals surface area contributed by atoms with Gasteiger partial charge in [0, 0.05) is 18.2 Å². The van der Waals surface area contributed by atoms with Crippen molar-refractivity contribution in [2.45, 2.75) is 38.5 Å². The van der Waals surface area contributed by atoms with Crippen molar-refractivity contribution in [3.63, 3.8) is 0 Å². The van der Waals surface area contributed by atoms with E-state index in [1.807, 2.05) is 0 Å². The third kappa shape index (κ3) is 1.80. The van der Waals surface area contributed by atoms with Crippen molar-refractivity contribution in [3.8, 4) is 0 Å². The molecule has 3 aliphatic rings. The molecule has 1 aliphatic heterocycles. The van der Waals surface area contributed by atoms with Crippen LogP contribution >= 0.6 is 0 Å². The van der Waals surface area contributed by atoms with Crippen LogP contribution in [0, 0.1) is 17.8 Å². The highest BCUT2D eigenvalue weighted by Crippen LogP contribution is 2.49. The van der Waals surface area contributed by atoms with E-state index in [4.69, 9.17) is 0 Å². The molecule has 0 saturated heterocycles. The normalized spacial score (nSPS) is 32.4. The first-order valence-electron chi connectivity index (χ1n) is 7.72. The SMILES string of the molecule is O=C(C1CC2CCC1C2)N1CCCc2ccccc21. The smallest absolute Gasteiger partial charge is 0.230 e. The third-order valence-corrected chi connectivity index (χ3v) is 5.43. The second kappa shape index (κ2) is 4.36. The molecule has 1 amide bonds. The topological polar surface area (TPSA) is 20.3 Å². The zero-order valence-electron chi connectivity index (χ0n) is 11.3. The molecule has 100 valence electrons. The number of carbonyl (C=O) groups excluding carboxylic acids is 1. The van der Waals surface area contributed by atoms with E-state index in [0.29, 0.717) is 17.7 Å². The van der Waals surface area contributed by atoms with E-state index >= 15 is 0 Å². The molecule has 2 saturated carbocycles. The quantitative estimate of drug-likeness (QED) is 0.753. The lowest BCUT2D eigenvalue weighted by Gasteiger charge is -2.33. The fourth-order valence-corrected chi connectivity index (χ4v) is 4.51. The van der Waals surface area contributed by atoms with Crippen molar-refractivity contribution in [1.29, 1.82) is 0 Å². The molecule has 4 rings (SSSR count). The number of hydrogen-bond acceptors (Lipinski definition) is 1. The maximum atomic E-state index is 12.9. The van der Waals surface area contributed by atoms with Crippen molar-refractivity contribution in [1.82, 2.24) is 0 Å². The number of hydrogen-bond donors (Lipinski definition) is 0. The van der Waals surface area contributed by atoms with Crippen molar-refractivity contribution >= 4 is 11.6 Å². The lowest BCUT2D eigenvalue weighted by molar-refractivity contribution is -0.124. The van der Waals surface area contributed by atoms with Crippen molar-refractivity contribution in [3.05, 3.63) is 29.8 Å². The minimum Gasteiger partial charge on any atom is -0.312 e. The van der Waals surface area contributed by atoms with Gasteiger partial charge in [-0.15, -0.1) is 0 Å². The van der Waals surface area contributed by atoms with Gasteiger partial charge in [-0.2, -0.15) is 0 Å². The first-order valence-corrected chi connectivity index (χ1v) is 7.72. The minimum atomic E-state index is 0.324. The fraction of sp³-hybridized carbons (Fsp3) is 0.588. The molecule has 1 aromatic rings. The lowest BCUT2D eigenvalue weighted by Crippen LogP contribution is -2.41. The van der Waals surface area contributed by atoms with Crippen LogP contribution in [0.3, 0.4) is 0 Å². The first kappa shape index (κ1) is 11.5. The highest BCUT2D eigenvalue weighted by molar-refractivity contribution is 5.96. The Labute approximate surface area is 114 Å². The number of aryl methyl sites for hydroxylation is 1. The molecule has 3 atom stereocenters. The number of carbonyl (C=O) groups is 1. The molecule has 19 heavy (non-hydrogen) atoms. The maximum absolute atomic E-state index is 12.9. The first-order chi connectivity index (χ1) is 9.33. The zero-order chi connectivity index (χ0) is 12.8. The molecule has 1 heterocycles. The average molecular weight is 255 g/mol. The molecule has 3 unspecified atom stereocenters. The molecule has 2 heteroatoms. The molecule has 2 bridgehead atoms. The predicted molar refractivity (Wildman–Crippen MR) is 76.1 cm³/mol. The van der Waals surface area contributed by atoms with E-state index in [1.165, 1.54) is 30.5 Å². The zero-order valence-corrected chi connectivity index (χ0v) is 11.3. The number of amides is 1. The Morgan fingerprint density at radius 2 is 2.05 bits per heavy atom. The van der Waals surface area contributed by atoms with Crippen LogP contribution < -0.4 is 4.90 Å². The molecular formula is C17H21NO. The second-order valence-electron chi connectivity index (χ2n) is 6.50. The van der Waals surface area contributed by atoms with E-state index in [1.54, 1.807) is 0 Å². The van der Waals surface area contributed by atoms with Gasteiger partial charge in [-0.3, -0.25) is 4.79 Å². The number of nitrogens with zero attached hydrogens (tertiary/aromatic N) is 1. The van der Waals surface area contributed by atoms with Gasteiger partial charge in [0.2, 0.25) is 5.91 Å². The van der Waals surface area contributed by atoms with Gasteiger partial charge in [-0.1, -0.05) is 24.6 Å². The van der Waals surface area contributed by atoms with Crippen LogP contribution in [0.5, 0.6) is 0 Å². The average Bonchev–Trinajstić information content (AvgIpc) is 3.08. The Balaban J connectivity index is 1.61. The van der Waals surface area contributed by atoms with Crippen LogP contribution in [-0.4, -0.2) is 12.5 Å². The summed E-state index contributed by atoms with van der Waals surface area (Å²) in [6, 6.07) is 8.45. The van der Waals surface area contributed by atoms with E-state index < -0.39 is 0 Å². The standard InChI is InChI=1S/C17H21NO/c19-17(15-11-12-7-8-14(15)10-12)18-9-3-5-13-4-1-2-6-16(13)18/h1-2,4,6,12,14-15H,3,5,7-11H2. The highest BCUT2D eigenvalue weighted by Gasteiger charge is 2.44. The van der Waals surface area contributed by atoms with Gasteiger partial charge in [-0.25, -0.2) is 0 Å². The Kier molecular flexibility index (Phi) is 2.64.